The summed E-state index contributed by atoms with van der Waals surface area (Å²) in [5.74, 6) is 1.33. The fourth-order valence-corrected chi connectivity index (χ4v) is 6.58. The molecule has 1 saturated carbocycles. The van der Waals surface area contributed by atoms with Gasteiger partial charge < -0.3 is 10.6 Å². The van der Waals surface area contributed by atoms with E-state index in [1.54, 1.807) is 43.3 Å². The first kappa shape index (κ1) is 22.0. The van der Waals surface area contributed by atoms with E-state index in [4.69, 9.17) is 5.73 Å². The van der Waals surface area contributed by atoms with Crippen LogP contribution in [0.3, 0.4) is 0 Å². The van der Waals surface area contributed by atoms with E-state index in [1.165, 1.54) is 12.1 Å². The van der Waals surface area contributed by atoms with Gasteiger partial charge >= 0.3 is 0 Å². The maximum Gasteiger partial charge on any atom is 0.225 e. The van der Waals surface area contributed by atoms with Crippen LogP contribution in [-0.4, -0.2) is 37.2 Å². The predicted octanol–water partition coefficient (Wildman–Crippen LogP) is 3.54. The van der Waals surface area contributed by atoms with Crippen molar-refractivity contribution in [2.45, 2.75) is 48.2 Å². The second-order valence-electron chi connectivity index (χ2n) is 9.21. The molecule has 4 atom stereocenters. The number of anilines is 1. The van der Waals surface area contributed by atoms with Crippen LogP contribution in [0.4, 0.5) is 10.2 Å². The number of aromatic nitrogens is 2. The molecule has 2 fully saturated rings. The SMILES string of the molecule is Cc1cc(C[C@H]2[C@H]3C[C@@H](N)C[C@@H]3CN2c2ccc(S(=O)(=O)c3ccccc3)nn2)ccc1F. The van der Waals surface area contributed by atoms with Gasteiger partial charge in [0.25, 0.3) is 0 Å². The van der Waals surface area contributed by atoms with Crippen molar-refractivity contribution in [3.8, 4) is 0 Å². The van der Waals surface area contributed by atoms with E-state index in [1.807, 2.05) is 12.1 Å². The number of halogens is 1. The van der Waals surface area contributed by atoms with Crippen molar-refractivity contribution in [1.82, 2.24) is 10.2 Å². The molecule has 8 heteroatoms. The molecule has 0 amide bonds. The molecule has 3 aromatic rings. The molecule has 0 bridgehead atoms. The topological polar surface area (TPSA) is 89.2 Å². The van der Waals surface area contributed by atoms with Crippen LogP contribution in [0.2, 0.25) is 0 Å². The largest absolute Gasteiger partial charge is 0.351 e. The van der Waals surface area contributed by atoms with Gasteiger partial charge in [-0.25, -0.2) is 12.8 Å². The van der Waals surface area contributed by atoms with Gasteiger partial charge in [-0.2, -0.15) is 0 Å². The van der Waals surface area contributed by atoms with E-state index in [0.717, 1.165) is 31.4 Å². The van der Waals surface area contributed by atoms with Crippen molar-refractivity contribution >= 4 is 15.7 Å². The molecule has 172 valence electrons. The highest BCUT2D eigenvalue weighted by Crippen LogP contribution is 2.44. The van der Waals surface area contributed by atoms with E-state index >= 15 is 0 Å². The molecule has 2 N–H and O–H groups in total. The Bertz CT molecular complexity index is 1250. The molecule has 2 aliphatic rings. The first-order chi connectivity index (χ1) is 15.8. The Morgan fingerprint density at radius 2 is 1.85 bits per heavy atom. The Morgan fingerprint density at radius 3 is 2.55 bits per heavy atom. The van der Waals surface area contributed by atoms with Gasteiger partial charge in [0.1, 0.15) is 5.82 Å². The first-order valence-corrected chi connectivity index (χ1v) is 12.7. The highest BCUT2D eigenvalue weighted by Gasteiger charge is 2.47. The lowest BCUT2D eigenvalue weighted by molar-refractivity contribution is 0.417. The van der Waals surface area contributed by atoms with E-state index < -0.39 is 9.84 Å². The summed E-state index contributed by atoms with van der Waals surface area (Å²) in [6.07, 6.45) is 2.66. The van der Waals surface area contributed by atoms with Gasteiger partial charge in [-0.05, 0) is 79.5 Å². The van der Waals surface area contributed by atoms with Gasteiger partial charge in [0.05, 0.1) is 4.90 Å². The zero-order chi connectivity index (χ0) is 23.2. The Labute approximate surface area is 193 Å². The van der Waals surface area contributed by atoms with Gasteiger partial charge in [-0.15, -0.1) is 10.2 Å². The van der Waals surface area contributed by atoms with Gasteiger partial charge in [-0.1, -0.05) is 30.3 Å². The summed E-state index contributed by atoms with van der Waals surface area (Å²) in [6.45, 7) is 2.58. The molecule has 5 rings (SSSR count). The fraction of sp³-hybridized carbons (Fsp3) is 0.360. The highest BCUT2D eigenvalue weighted by molar-refractivity contribution is 7.91. The van der Waals surface area contributed by atoms with Crippen molar-refractivity contribution < 1.29 is 12.8 Å². The summed E-state index contributed by atoms with van der Waals surface area (Å²) in [6, 6.07) is 17.1. The number of sulfone groups is 1. The Morgan fingerprint density at radius 1 is 1.06 bits per heavy atom. The molecule has 1 aliphatic heterocycles. The zero-order valence-corrected chi connectivity index (χ0v) is 19.2. The van der Waals surface area contributed by atoms with Crippen LogP contribution in [0.25, 0.3) is 0 Å². The number of nitrogens with two attached hydrogens (primary N) is 1. The Balaban J connectivity index is 1.43. The van der Waals surface area contributed by atoms with Crippen molar-refractivity contribution in [1.29, 1.82) is 0 Å². The second kappa shape index (κ2) is 8.50. The maximum atomic E-state index is 13.8. The molecule has 0 unspecified atom stereocenters. The number of aryl methyl sites for hydroxylation is 1. The number of nitrogens with zero attached hydrogens (tertiary/aromatic N) is 3. The fourth-order valence-electron chi connectivity index (χ4n) is 5.43. The van der Waals surface area contributed by atoms with Crippen LogP contribution in [0.5, 0.6) is 0 Å². The number of hydrogen-bond acceptors (Lipinski definition) is 6. The molecule has 0 radical (unpaired) electrons. The Hall–Kier alpha value is -2.84. The van der Waals surface area contributed by atoms with Gasteiger partial charge in [0.2, 0.25) is 9.84 Å². The van der Waals surface area contributed by atoms with E-state index in [2.05, 4.69) is 15.1 Å². The van der Waals surface area contributed by atoms with Crippen LogP contribution in [0, 0.1) is 24.6 Å². The third-order valence-electron chi connectivity index (χ3n) is 7.03. The van der Waals surface area contributed by atoms with Crippen LogP contribution in [0.15, 0.2) is 70.6 Å². The van der Waals surface area contributed by atoms with Crippen LogP contribution < -0.4 is 10.6 Å². The quantitative estimate of drug-likeness (QED) is 0.619. The zero-order valence-electron chi connectivity index (χ0n) is 18.4. The van der Waals surface area contributed by atoms with Crippen LogP contribution in [-0.2, 0) is 16.3 Å². The normalized spacial score (nSPS) is 24.8. The molecule has 1 aromatic heterocycles. The molecule has 6 nitrogen and oxygen atoms in total. The summed E-state index contributed by atoms with van der Waals surface area (Å²) in [7, 11) is -3.72. The van der Waals surface area contributed by atoms with E-state index in [0.29, 0.717) is 23.2 Å². The first-order valence-electron chi connectivity index (χ1n) is 11.2. The summed E-state index contributed by atoms with van der Waals surface area (Å²) in [4.78, 5) is 2.42. The van der Waals surface area contributed by atoms with Gasteiger partial charge in [-0.3, -0.25) is 0 Å². The van der Waals surface area contributed by atoms with Crippen molar-refractivity contribution in [2.75, 3.05) is 11.4 Å². The molecule has 1 aliphatic carbocycles. The number of fused-ring (bicyclic) bond motifs is 1. The molecule has 0 spiro atoms. The smallest absolute Gasteiger partial charge is 0.225 e. The average molecular weight is 467 g/mol. The third-order valence-corrected chi connectivity index (χ3v) is 8.69. The number of rotatable bonds is 5. The summed E-state index contributed by atoms with van der Waals surface area (Å²) in [5.41, 5.74) is 7.97. The molecule has 1 saturated heterocycles. The van der Waals surface area contributed by atoms with Crippen molar-refractivity contribution in [3.63, 3.8) is 0 Å². The molecular formula is C25H27FN4O2S. The minimum absolute atomic E-state index is 0.0652. The average Bonchev–Trinajstić information content (AvgIpc) is 3.33. The minimum Gasteiger partial charge on any atom is -0.351 e. The third kappa shape index (κ3) is 4.13. The lowest BCUT2D eigenvalue weighted by Gasteiger charge is -2.29. The molecule has 2 heterocycles. The molecular weight excluding hydrogens is 439 g/mol. The predicted molar refractivity (Wildman–Crippen MR) is 124 cm³/mol. The van der Waals surface area contributed by atoms with Crippen LogP contribution >= 0.6 is 0 Å². The number of hydrogen-bond donors (Lipinski definition) is 1. The summed E-state index contributed by atoms with van der Waals surface area (Å²) >= 11 is 0. The van der Waals surface area contributed by atoms with E-state index in [9.17, 15) is 12.8 Å². The minimum atomic E-state index is -3.72. The van der Waals surface area contributed by atoms with Crippen LogP contribution in [0.1, 0.15) is 24.0 Å². The Kier molecular flexibility index (Phi) is 5.66. The molecule has 33 heavy (non-hydrogen) atoms. The van der Waals surface area contributed by atoms with Crippen molar-refractivity contribution in [2.24, 2.45) is 17.6 Å². The number of benzene rings is 2. The van der Waals surface area contributed by atoms with Crippen molar-refractivity contribution in [3.05, 3.63) is 77.6 Å². The molecule has 2 aromatic carbocycles. The highest BCUT2D eigenvalue weighted by atomic mass is 32.2. The second-order valence-corrected chi connectivity index (χ2v) is 11.1. The standard InChI is InChI=1S/C25H27FN4O2S/c1-16-11-17(7-8-22(16)26)12-23-21-14-19(27)13-18(21)15-30(23)24-9-10-25(29-28-24)33(31,32)20-5-3-2-4-6-20/h2-11,18-19,21,23H,12-15,27H2,1H3/t18-,19+,21+,23+/m1/s1. The summed E-state index contributed by atoms with van der Waals surface area (Å²) < 4.78 is 39.5. The lowest BCUT2D eigenvalue weighted by atomic mass is 9.89. The lowest BCUT2D eigenvalue weighted by Crippen LogP contribution is -2.37. The summed E-state index contributed by atoms with van der Waals surface area (Å²) in [5, 5.41) is 8.36. The maximum absolute atomic E-state index is 13.8. The van der Waals surface area contributed by atoms with E-state index in [-0.39, 0.29) is 27.8 Å². The van der Waals surface area contributed by atoms with Gasteiger partial charge in [0.15, 0.2) is 10.8 Å². The van der Waals surface area contributed by atoms with Gasteiger partial charge in [0, 0.05) is 18.6 Å². The monoisotopic (exact) mass is 466 g/mol.